The molecule has 0 saturated heterocycles. The Bertz CT molecular complexity index is 132. The van der Waals surface area contributed by atoms with Crippen LogP contribution in [0, 0.1) is 0 Å². The quantitative estimate of drug-likeness (QED) is 0.602. The standard InChI is InChI=1S/C5H7ClO3/c1-3(7)4(6)2-5(8)9/h4H,2H2,1H3,(H,8,9). The van der Waals surface area contributed by atoms with Gasteiger partial charge in [-0.15, -0.1) is 11.6 Å². The number of carboxylic acids is 1. The van der Waals surface area contributed by atoms with Gasteiger partial charge in [0.25, 0.3) is 0 Å². The molecule has 0 fully saturated rings. The second-order valence-electron chi connectivity index (χ2n) is 1.68. The van der Waals surface area contributed by atoms with Crippen molar-refractivity contribution in [3.05, 3.63) is 0 Å². The largest absolute Gasteiger partial charge is 0.481 e. The first kappa shape index (κ1) is 8.43. The summed E-state index contributed by atoms with van der Waals surface area (Å²) in [7, 11) is 0. The fraction of sp³-hybridized carbons (Fsp3) is 0.600. The van der Waals surface area contributed by atoms with Gasteiger partial charge in [-0.1, -0.05) is 0 Å². The molecule has 1 N–H and O–H groups in total. The fourth-order valence-corrected chi connectivity index (χ4v) is 0.429. The minimum Gasteiger partial charge on any atom is -0.481 e. The highest BCUT2D eigenvalue weighted by molar-refractivity contribution is 6.31. The molecule has 1 unspecified atom stereocenters. The van der Waals surface area contributed by atoms with Crippen LogP contribution in [0.2, 0.25) is 0 Å². The number of hydrogen-bond donors (Lipinski definition) is 1. The van der Waals surface area contributed by atoms with Crippen LogP contribution in [0.15, 0.2) is 0 Å². The molecule has 0 aliphatic rings. The van der Waals surface area contributed by atoms with Gasteiger partial charge >= 0.3 is 5.97 Å². The number of aliphatic carboxylic acids is 1. The predicted molar refractivity (Wildman–Crippen MR) is 32.6 cm³/mol. The van der Waals surface area contributed by atoms with E-state index in [-0.39, 0.29) is 12.2 Å². The van der Waals surface area contributed by atoms with E-state index in [4.69, 9.17) is 16.7 Å². The van der Waals surface area contributed by atoms with E-state index in [1.165, 1.54) is 6.92 Å². The van der Waals surface area contributed by atoms with Crippen LogP contribution in [0.5, 0.6) is 0 Å². The van der Waals surface area contributed by atoms with E-state index in [1.54, 1.807) is 0 Å². The third kappa shape index (κ3) is 3.97. The molecule has 0 radical (unpaired) electrons. The summed E-state index contributed by atoms with van der Waals surface area (Å²) < 4.78 is 0. The summed E-state index contributed by atoms with van der Waals surface area (Å²) in [6.45, 7) is 1.26. The molecule has 0 saturated carbocycles. The molecule has 3 nitrogen and oxygen atoms in total. The summed E-state index contributed by atoms with van der Waals surface area (Å²) >= 11 is 5.28. The van der Waals surface area contributed by atoms with Gasteiger partial charge in [-0.3, -0.25) is 9.59 Å². The topological polar surface area (TPSA) is 54.4 Å². The molecular formula is C5H7ClO3. The van der Waals surface area contributed by atoms with Crippen LogP contribution in [-0.2, 0) is 9.59 Å². The third-order valence-electron chi connectivity index (χ3n) is 0.795. The molecular weight excluding hydrogens is 144 g/mol. The van der Waals surface area contributed by atoms with Crippen molar-refractivity contribution < 1.29 is 14.7 Å². The predicted octanol–water partition coefficient (Wildman–Crippen LogP) is 0.657. The van der Waals surface area contributed by atoms with Crippen molar-refractivity contribution in [1.82, 2.24) is 0 Å². The van der Waals surface area contributed by atoms with E-state index >= 15 is 0 Å². The van der Waals surface area contributed by atoms with Crippen LogP contribution in [-0.4, -0.2) is 22.2 Å². The molecule has 0 aromatic rings. The summed E-state index contributed by atoms with van der Waals surface area (Å²) in [5.41, 5.74) is 0. The van der Waals surface area contributed by atoms with Crippen LogP contribution in [0.4, 0.5) is 0 Å². The molecule has 0 rings (SSSR count). The molecule has 9 heavy (non-hydrogen) atoms. The summed E-state index contributed by atoms with van der Waals surface area (Å²) in [5.74, 6) is -1.36. The lowest BCUT2D eigenvalue weighted by Gasteiger charge is -1.97. The highest BCUT2D eigenvalue weighted by Gasteiger charge is 2.13. The van der Waals surface area contributed by atoms with Gasteiger partial charge in [0.05, 0.1) is 6.42 Å². The van der Waals surface area contributed by atoms with E-state index in [0.717, 1.165) is 0 Å². The number of carbonyl (C=O) groups excluding carboxylic acids is 1. The molecule has 0 spiro atoms. The molecule has 0 aromatic carbocycles. The number of hydrogen-bond acceptors (Lipinski definition) is 2. The Morgan fingerprint density at radius 2 is 2.11 bits per heavy atom. The summed E-state index contributed by atoms with van der Waals surface area (Å²) in [4.78, 5) is 20.2. The highest BCUT2D eigenvalue weighted by atomic mass is 35.5. The average Bonchev–Trinajstić information content (AvgIpc) is 1.63. The first-order chi connectivity index (χ1) is 4.04. The van der Waals surface area contributed by atoms with Gasteiger partial charge in [-0.25, -0.2) is 0 Å². The number of alkyl halides is 1. The van der Waals surface area contributed by atoms with Gasteiger partial charge in [-0.05, 0) is 6.92 Å². The Morgan fingerprint density at radius 3 is 2.22 bits per heavy atom. The van der Waals surface area contributed by atoms with Crippen LogP contribution in [0.25, 0.3) is 0 Å². The summed E-state index contributed by atoms with van der Waals surface area (Å²) in [6, 6.07) is 0. The SMILES string of the molecule is CC(=O)C(Cl)CC(=O)O. The Labute approximate surface area is 57.6 Å². The molecule has 0 heterocycles. The molecule has 0 aliphatic carbocycles. The first-order valence-corrected chi connectivity index (χ1v) is 2.84. The van der Waals surface area contributed by atoms with Gasteiger partial charge in [-0.2, -0.15) is 0 Å². The third-order valence-corrected chi connectivity index (χ3v) is 1.26. The molecule has 0 bridgehead atoms. The molecule has 1 atom stereocenters. The van der Waals surface area contributed by atoms with Crippen LogP contribution in [0.1, 0.15) is 13.3 Å². The number of ketones is 1. The smallest absolute Gasteiger partial charge is 0.305 e. The number of halogens is 1. The van der Waals surface area contributed by atoms with Gasteiger partial charge in [0, 0.05) is 0 Å². The highest BCUT2D eigenvalue weighted by Crippen LogP contribution is 2.01. The lowest BCUT2D eigenvalue weighted by Crippen LogP contribution is -2.14. The Balaban J connectivity index is 3.63. The number of Topliss-reactive ketones (excluding diaryl/α,β-unsaturated/α-hetero) is 1. The monoisotopic (exact) mass is 150 g/mol. The summed E-state index contributed by atoms with van der Waals surface area (Å²) in [6.07, 6.45) is -0.295. The first-order valence-electron chi connectivity index (χ1n) is 2.40. The normalized spacial score (nSPS) is 12.7. The van der Waals surface area contributed by atoms with E-state index < -0.39 is 11.3 Å². The van der Waals surface area contributed by atoms with Crippen molar-refractivity contribution in [2.24, 2.45) is 0 Å². The van der Waals surface area contributed by atoms with Gasteiger partial charge in [0.1, 0.15) is 11.2 Å². The minimum atomic E-state index is -1.05. The van der Waals surface area contributed by atoms with Crippen LogP contribution in [0.3, 0.4) is 0 Å². The van der Waals surface area contributed by atoms with Crippen LogP contribution < -0.4 is 0 Å². The van der Waals surface area contributed by atoms with Gasteiger partial charge in [0.2, 0.25) is 0 Å². The molecule has 52 valence electrons. The Kier molecular flexibility index (Phi) is 3.24. The Morgan fingerprint density at radius 1 is 1.67 bits per heavy atom. The van der Waals surface area contributed by atoms with Crippen molar-refractivity contribution in [2.75, 3.05) is 0 Å². The average molecular weight is 151 g/mol. The lowest BCUT2D eigenvalue weighted by molar-refractivity contribution is -0.138. The molecule has 0 aliphatic heterocycles. The zero-order chi connectivity index (χ0) is 7.44. The van der Waals surface area contributed by atoms with E-state index in [1.807, 2.05) is 0 Å². The minimum absolute atomic E-state index is 0.295. The second kappa shape index (κ2) is 3.45. The molecule has 0 aromatic heterocycles. The maximum Gasteiger partial charge on any atom is 0.305 e. The van der Waals surface area contributed by atoms with Crippen molar-refractivity contribution in [3.8, 4) is 0 Å². The zero-order valence-corrected chi connectivity index (χ0v) is 5.68. The van der Waals surface area contributed by atoms with Crippen molar-refractivity contribution in [2.45, 2.75) is 18.7 Å². The van der Waals surface area contributed by atoms with E-state index in [9.17, 15) is 9.59 Å². The van der Waals surface area contributed by atoms with Gasteiger partial charge in [0.15, 0.2) is 0 Å². The van der Waals surface area contributed by atoms with Crippen molar-refractivity contribution in [3.63, 3.8) is 0 Å². The van der Waals surface area contributed by atoms with E-state index in [2.05, 4.69) is 0 Å². The maximum absolute atomic E-state index is 10.3. The van der Waals surface area contributed by atoms with E-state index in [0.29, 0.717) is 0 Å². The van der Waals surface area contributed by atoms with Crippen LogP contribution >= 0.6 is 11.6 Å². The maximum atomic E-state index is 10.3. The molecule has 0 amide bonds. The fourth-order valence-electron chi connectivity index (χ4n) is 0.297. The molecule has 4 heteroatoms. The Hall–Kier alpha value is -0.570. The summed E-state index contributed by atoms with van der Waals surface area (Å²) in [5, 5.41) is 7.22. The number of rotatable bonds is 3. The van der Waals surface area contributed by atoms with Crippen molar-refractivity contribution >= 4 is 23.4 Å². The van der Waals surface area contributed by atoms with Gasteiger partial charge < -0.3 is 5.11 Å². The van der Waals surface area contributed by atoms with Crippen molar-refractivity contribution in [1.29, 1.82) is 0 Å². The number of carbonyl (C=O) groups is 2. The number of carboxylic acid groups (broad SMARTS) is 1. The zero-order valence-electron chi connectivity index (χ0n) is 4.93. The lowest BCUT2D eigenvalue weighted by atomic mass is 10.2. The second-order valence-corrected chi connectivity index (χ2v) is 2.20.